The molecule has 1 aromatic rings. The Balaban J connectivity index is 1.99. The van der Waals surface area contributed by atoms with E-state index >= 15 is 0 Å². The molecule has 2 rings (SSSR count). The monoisotopic (exact) mass is 239 g/mol. The topological polar surface area (TPSA) is 21.3 Å². The minimum absolute atomic E-state index is 0.405. The predicted octanol–water partition coefficient (Wildman–Crippen LogP) is 2.69. The highest BCUT2D eigenvalue weighted by atomic mass is 32.1. The fourth-order valence-electron chi connectivity index (χ4n) is 2.58. The molecule has 0 bridgehead atoms. The van der Waals surface area contributed by atoms with Gasteiger partial charge in [-0.3, -0.25) is 0 Å². The molecule has 1 saturated heterocycles. The zero-order chi connectivity index (χ0) is 11.4. The molecule has 1 aliphatic heterocycles. The average molecular weight is 239 g/mol. The second-order valence-corrected chi connectivity index (χ2v) is 5.31. The first-order chi connectivity index (χ1) is 7.81. The number of hydrogen-bond acceptors (Lipinski definition) is 3. The Morgan fingerprint density at radius 2 is 2.50 bits per heavy atom. The largest absolute Gasteiger partial charge is 0.378 e. The highest BCUT2D eigenvalue weighted by molar-refractivity contribution is 7.07. The van der Waals surface area contributed by atoms with Crippen molar-refractivity contribution in [1.29, 1.82) is 0 Å². The SMILES string of the molecule is CCNC(Cc1ccsc1)C1CCOC1C. The van der Waals surface area contributed by atoms with Crippen LogP contribution in [0.15, 0.2) is 16.8 Å². The molecule has 0 amide bonds. The molecular weight excluding hydrogens is 218 g/mol. The van der Waals surface area contributed by atoms with Crippen molar-refractivity contribution in [2.75, 3.05) is 13.2 Å². The molecule has 1 aliphatic rings. The second-order valence-electron chi connectivity index (χ2n) is 4.53. The number of nitrogens with one attached hydrogen (secondary N) is 1. The quantitative estimate of drug-likeness (QED) is 0.853. The van der Waals surface area contributed by atoms with Gasteiger partial charge in [-0.05, 0) is 48.7 Å². The van der Waals surface area contributed by atoms with Crippen molar-refractivity contribution in [2.24, 2.45) is 5.92 Å². The van der Waals surface area contributed by atoms with Gasteiger partial charge in [-0.1, -0.05) is 6.92 Å². The van der Waals surface area contributed by atoms with E-state index in [1.165, 1.54) is 12.0 Å². The van der Waals surface area contributed by atoms with Gasteiger partial charge in [0, 0.05) is 18.6 Å². The number of thiophene rings is 1. The zero-order valence-corrected chi connectivity index (χ0v) is 10.9. The van der Waals surface area contributed by atoms with Crippen LogP contribution in [0.5, 0.6) is 0 Å². The number of hydrogen-bond donors (Lipinski definition) is 1. The number of likely N-dealkylation sites (N-methyl/N-ethyl adjacent to an activating group) is 1. The van der Waals surface area contributed by atoms with E-state index in [0.29, 0.717) is 18.1 Å². The zero-order valence-electron chi connectivity index (χ0n) is 10.1. The first-order valence-electron chi connectivity index (χ1n) is 6.17. The van der Waals surface area contributed by atoms with Crippen LogP contribution in [-0.4, -0.2) is 25.3 Å². The molecule has 3 heteroatoms. The minimum Gasteiger partial charge on any atom is -0.378 e. The van der Waals surface area contributed by atoms with E-state index in [0.717, 1.165) is 19.6 Å². The summed E-state index contributed by atoms with van der Waals surface area (Å²) >= 11 is 1.78. The third-order valence-electron chi connectivity index (χ3n) is 3.45. The smallest absolute Gasteiger partial charge is 0.0590 e. The highest BCUT2D eigenvalue weighted by Crippen LogP contribution is 2.26. The van der Waals surface area contributed by atoms with Gasteiger partial charge in [0.1, 0.15) is 0 Å². The summed E-state index contributed by atoms with van der Waals surface area (Å²) in [7, 11) is 0. The van der Waals surface area contributed by atoms with Crippen molar-refractivity contribution >= 4 is 11.3 Å². The molecule has 16 heavy (non-hydrogen) atoms. The molecular formula is C13H21NOS. The average Bonchev–Trinajstić information content (AvgIpc) is 2.88. The van der Waals surface area contributed by atoms with E-state index < -0.39 is 0 Å². The highest BCUT2D eigenvalue weighted by Gasteiger charge is 2.31. The Kier molecular flexibility index (Phi) is 4.38. The van der Waals surface area contributed by atoms with Gasteiger partial charge in [-0.2, -0.15) is 11.3 Å². The summed E-state index contributed by atoms with van der Waals surface area (Å²) in [6.45, 7) is 6.35. The Morgan fingerprint density at radius 3 is 3.06 bits per heavy atom. The summed E-state index contributed by atoms with van der Waals surface area (Å²) in [4.78, 5) is 0. The molecule has 0 saturated carbocycles. The van der Waals surface area contributed by atoms with E-state index in [1.807, 2.05) is 0 Å². The van der Waals surface area contributed by atoms with Crippen LogP contribution in [0, 0.1) is 5.92 Å². The molecule has 0 spiro atoms. The molecule has 2 nitrogen and oxygen atoms in total. The molecule has 1 fully saturated rings. The molecule has 1 aromatic heterocycles. The maximum atomic E-state index is 5.67. The van der Waals surface area contributed by atoms with E-state index in [2.05, 4.69) is 36.0 Å². The van der Waals surface area contributed by atoms with Crippen LogP contribution in [-0.2, 0) is 11.2 Å². The normalized spacial score (nSPS) is 27.1. The molecule has 3 atom stereocenters. The Bertz CT molecular complexity index is 299. The van der Waals surface area contributed by atoms with Crippen molar-refractivity contribution < 1.29 is 4.74 Å². The number of rotatable bonds is 5. The molecule has 3 unspecified atom stereocenters. The maximum absolute atomic E-state index is 5.67. The lowest BCUT2D eigenvalue weighted by Gasteiger charge is -2.26. The fraction of sp³-hybridized carbons (Fsp3) is 0.692. The lowest BCUT2D eigenvalue weighted by Crippen LogP contribution is -2.40. The van der Waals surface area contributed by atoms with Crippen LogP contribution < -0.4 is 5.32 Å². The molecule has 1 N–H and O–H groups in total. The fourth-order valence-corrected chi connectivity index (χ4v) is 3.26. The van der Waals surface area contributed by atoms with Gasteiger partial charge in [-0.25, -0.2) is 0 Å². The first-order valence-corrected chi connectivity index (χ1v) is 7.11. The van der Waals surface area contributed by atoms with Crippen LogP contribution in [0.3, 0.4) is 0 Å². The van der Waals surface area contributed by atoms with Crippen LogP contribution in [0.25, 0.3) is 0 Å². The minimum atomic E-state index is 0.405. The van der Waals surface area contributed by atoms with Crippen molar-refractivity contribution in [2.45, 2.75) is 38.8 Å². The van der Waals surface area contributed by atoms with Crippen molar-refractivity contribution in [3.05, 3.63) is 22.4 Å². The molecule has 0 radical (unpaired) electrons. The molecule has 0 aromatic carbocycles. The van der Waals surface area contributed by atoms with Gasteiger partial charge in [0.2, 0.25) is 0 Å². The van der Waals surface area contributed by atoms with Crippen LogP contribution in [0.2, 0.25) is 0 Å². The van der Waals surface area contributed by atoms with Crippen molar-refractivity contribution in [3.8, 4) is 0 Å². The summed E-state index contributed by atoms with van der Waals surface area (Å²) in [5, 5.41) is 8.03. The van der Waals surface area contributed by atoms with Gasteiger partial charge in [-0.15, -0.1) is 0 Å². The Hall–Kier alpha value is -0.380. The summed E-state index contributed by atoms with van der Waals surface area (Å²) in [5.41, 5.74) is 1.45. The van der Waals surface area contributed by atoms with Crippen LogP contribution in [0.4, 0.5) is 0 Å². The standard InChI is InChI=1S/C13H21NOS/c1-3-14-13(8-11-5-7-16-9-11)12-4-6-15-10(12)2/h5,7,9-10,12-14H,3-4,6,8H2,1-2H3. The molecule has 0 aliphatic carbocycles. The van der Waals surface area contributed by atoms with Gasteiger partial charge in [0.15, 0.2) is 0 Å². The van der Waals surface area contributed by atoms with Crippen molar-refractivity contribution in [1.82, 2.24) is 5.32 Å². The van der Waals surface area contributed by atoms with Crippen LogP contribution >= 0.6 is 11.3 Å². The van der Waals surface area contributed by atoms with Crippen LogP contribution in [0.1, 0.15) is 25.8 Å². The second kappa shape index (κ2) is 5.80. The summed E-state index contributed by atoms with van der Waals surface area (Å²) < 4.78 is 5.67. The van der Waals surface area contributed by atoms with Gasteiger partial charge in [0.05, 0.1) is 6.10 Å². The number of ether oxygens (including phenoxy) is 1. The predicted molar refractivity (Wildman–Crippen MR) is 69.0 cm³/mol. The summed E-state index contributed by atoms with van der Waals surface area (Å²) in [6, 6.07) is 2.80. The van der Waals surface area contributed by atoms with Crippen molar-refractivity contribution in [3.63, 3.8) is 0 Å². The van der Waals surface area contributed by atoms with Gasteiger partial charge in [0.25, 0.3) is 0 Å². The summed E-state index contributed by atoms with van der Waals surface area (Å²) in [6.07, 6.45) is 2.74. The lowest BCUT2D eigenvalue weighted by atomic mass is 9.89. The van der Waals surface area contributed by atoms with E-state index in [4.69, 9.17) is 4.74 Å². The Morgan fingerprint density at radius 1 is 1.62 bits per heavy atom. The lowest BCUT2D eigenvalue weighted by molar-refractivity contribution is 0.0956. The van der Waals surface area contributed by atoms with E-state index in [1.54, 1.807) is 11.3 Å². The summed E-state index contributed by atoms with van der Waals surface area (Å²) in [5.74, 6) is 0.667. The van der Waals surface area contributed by atoms with Gasteiger partial charge >= 0.3 is 0 Å². The van der Waals surface area contributed by atoms with E-state index in [-0.39, 0.29) is 0 Å². The third kappa shape index (κ3) is 2.84. The molecule has 2 heterocycles. The van der Waals surface area contributed by atoms with E-state index in [9.17, 15) is 0 Å². The third-order valence-corrected chi connectivity index (χ3v) is 4.19. The maximum Gasteiger partial charge on any atom is 0.0590 e. The molecule has 90 valence electrons. The first kappa shape index (κ1) is 12.1. The Labute approximate surface area is 102 Å². The van der Waals surface area contributed by atoms with Gasteiger partial charge < -0.3 is 10.1 Å².